The second-order valence-corrected chi connectivity index (χ2v) is 7.67. The van der Waals surface area contributed by atoms with Crippen molar-refractivity contribution in [1.29, 1.82) is 0 Å². The zero-order valence-electron chi connectivity index (χ0n) is 15.2. The Morgan fingerprint density at radius 2 is 1.93 bits per heavy atom. The molecule has 0 saturated carbocycles. The first-order chi connectivity index (χ1) is 12.8. The molecule has 0 amide bonds. The van der Waals surface area contributed by atoms with Gasteiger partial charge in [0.2, 0.25) is 0 Å². The van der Waals surface area contributed by atoms with Crippen molar-refractivity contribution in [3.05, 3.63) is 64.5 Å². The number of fused-ring (bicyclic) bond motifs is 1. The van der Waals surface area contributed by atoms with Crippen LogP contribution >= 0.6 is 0 Å². The van der Waals surface area contributed by atoms with Gasteiger partial charge in [-0.2, -0.15) is 0 Å². The molecule has 1 unspecified atom stereocenters. The number of carboxylic acid groups (broad SMARTS) is 1. The fourth-order valence-corrected chi connectivity index (χ4v) is 3.76. The van der Waals surface area contributed by atoms with Gasteiger partial charge in [-0.05, 0) is 94.0 Å². The predicted molar refractivity (Wildman–Crippen MR) is 104 cm³/mol. The summed E-state index contributed by atoms with van der Waals surface area (Å²) < 4.78 is 30.9. The van der Waals surface area contributed by atoms with Gasteiger partial charge in [0.05, 0.1) is 13.5 Å². The number of carboxylic acids is 1. The van der Waals surface area contributed by atoms with Crippen molar-refractivity contribution in [3.63, 3.8) is 0 Å². The van der Waals surface area contributed by atoms with Gasteiger partial charge < -0.3 is 14.4 Å². The molecular formula is C21H19FO4S. The van der Waals surface area contributed by atoms with Crippen LogP contribution in [0.3, 0.4) is 0 Å². The van der Waals surface area contributed by atoms with Gasteiger partial charge >= 0.3 is 5.97 Å². The van der Waals surface area contributed by atoms with Crippen LogP contribution in [0.2, 0.25) is 0 Å². The van der Waals surface area contributed by atoms with E-state index in [0.717, 1.165) is 21.6 Å². The van der Waals surface area contributed by atoms with Crippen LogP contribution in [0, 0.1) is 5.82 Å². The highest BCUT2D eigenvalue weighted by molar-refractivity contribution is 7.90. The third-order valence-corrected chi connectivity index (χ3v) is 5.55. The van der Waals surface area contributed by atoms with E-state index in [1.54, 1.807) is 24.5 Å². The second kappa shape index (κ2) is 7.58. The second-order valence-electron chi connectivity index (χ2n) is 6.29. The van der Waals surface area contributed by atoms with E-state index in [2.05, 4.69) is 0 Å². The standard InChI is InChI=1S/C21H19FO4S/c1-12-15(8-13-4-6-14(7-5-13)27(3)25)17-9-19(22)20(26-2)10-18(17)16(12)11-21(23)24/h4-10H,11H2,1-3H3,(H,23,24)/b15-8-. The molecule has 2 aromatic rings. The summed E-state index contributed by atoms with van der Waals surface area (Å²) in [5.74, 6) is -1.36. The van der Waals surface area contributed by atoms with Crippen molar-refractivity contribution in [2.75, 3.05) is 13.4 Å². The first-order valence-corrected chi connectivity index (χ1v) is 9.83. The molecule has 1 aliphatic rings. The van der Waals surface area contributed by atoms with Crippen molar-refractivity contribution >= 4 is 34.4 Å². The van der Waals surface area contributed by atoms with Crippen LogP contribution in [0.1, 0.15) is 30.0 Å². The van der Waals surface area contributed by atoms with E-state index in [1.165, 1.54) is 13.2 Å². The monoisotopic (exact) mass is 386 g/mol. The van der Waals surface area contributed by atoms with Crippen LogP contribution in [0.15, 0.2) is 46.9 Å². The summed E-state index contributed by atoms with van der Waals surface area (Å²) in [7, 11) is 1.38. The molecule has 3 rings (SSSR count). The van der Waals surface area contributed by atoms with E-state index >= 15 is 0 Å². The van der Waals surface area contributed by atoms with Gasteiger partial charge in [-0.1, -0.05) is 0 Å². The molecule has 0 heterocycles. The highest BCUT2D eigenvalue weighted by Crippen LogP contribution is 2.45. The molecule has 0 saturated heterocycles. The van der Waals surface area contributed by atoms with Crippen LogP contribution in [0.25, 0.3) is 17.2 Å². The third kappa shape index (κ3) is 3.77. The first-order valence-electron chi connectivity index (χ1n) is 8.27. The SMILES string of the molecule is COc1cc2c(cc1F)/C(=C\c1ccc([S+](C)[O-])cc1)C(C)=C2CC(=O)O. The number of allylic oxidation sites excluding steroid dienone is 2. The molecule has 1 N–H and O–H groups in total. The lowest BCUT2D eigenvalue weighted by molar-refractivity contribution is -0.135. The van der Waals surface area contributed by atoms with Crippen LogP contribution < -0.4 is 4.74 Å². The van der Waals surface area contributed by atoms with Gasteiger partial charge in [0, 0.05) is 0 Å². The number of rotatable bonds is 5. The zero-order valence-corrected chi connectivity index (χ0v) is 16.0. The van der Waals surface area contributed by atoms with Crippen molar-refractivity contribution < 1.29 is 23.6 Å². The molecule has 0 radical (unpaired) electrons. The number of hydrogen-bond acceptors (Lipinski definition) is 3. The minimum atomic E-state index is -1.06. The smallest absolute Gasteiger partial charge is 0.307 e. The van der Waals surface area contributed by atoms with Crippen LogP contribution in [0.4, 0.5) is 4.39 Å². The normalized spacial score (nSPS) is 15.8. The molecular weight excluding hydrogens is 367 g/mol. The Bertz CT molecular complexity index is 959. The summed E-state index contributed by atoms with van der Waals surface area (Å²) in [6, 6.07) is 10.2. The number of halogens is 1. The lowest BCUT2D eigenvalue weighted by Crippen LogP contribution is -1.98. The minimum absolute atomic E-state index is 0.0838. The van der Waals surface area contributed by atoms with Crippen molar-refractivity contribution in [2.24, 2.45) is 0 Å². The van der Waals surface area contributed by atoms with Gasteiger partial charge in [-0.15, -0.1) is 0 Å². The summed E-state index contributed by atoms with van der Waals surface area (Å²) in [6.07, 6.45) is 3.35. The Kier molecular flexibility index (Phi) is 5.39. The van der Waals surface area contributed by atoms with E-state index in [9.17, 15) is 18.8 Å². The highest BCUT2D eigenvalue weighted by Gasteiger charge is 2.27. The Morgan fingerprint density at radius 3 is 2.48 bits per heavy atom. The summed E-state index contributed by atoms with van der Waals surface area (Å²) in [4.78, 5) is 12.0. The molecule has 0 spiro atoms. The predicted octanol–water partition coefficient (Wildman–Crippen LogP) is 4.37. The maximum atomic E-state index is 14.3. The Balaban J connectivity index is 2.14. The first kappa shape index (κ1) is 19.2. The van der Waals surface area contributed by atoms with E-state index in [-0.39, 0.29) is 12.2 Å². The number of methoxy groups -OCH3 is 1. The van der Waals surface area contributed by atoms with Gasteiger partial charge in [-0.25, -0.2) is 4.39 Å². The van der Waals surface area contributed by atoms with Crippen molar-refractivity contribution in [1.82, 2.24) is 0 Å². The maximum Gasteiger partial charge on any atom is 0.307 e. The van der Waals surface area contributed by atoms with Crippen molar-refractivity contribution in [2.45, 2.75) is 18.2 Å². The van der Waals surface area contributed by atoms with Gasteiger partial charge in [0.1, 0.15) is 6.26 Å². The molecule has 27 heavy (non-hydrogen) atoms. The molecule has 0 aromatic heterocycles. The summed E-state index contributed by atoms with van der Waals surface area (Å²) in [5.41, 5.74) is 4.39. The minimum Gasteiger partial charge on any atom is -0.612 e. The Hall–Kier alpha value is -2.57. The van der Waals surface area contributed by atoms with Gasteiger partial charge in [0.15, 0.2) is 16.5 Å². The van der Waals surface area contributed by atoms with Crippen LogP contribution in [-0.2, 0) is 16.0 Å². The Labute approximate surface area is 160 Å². The number of ether oxygens (including phenoxy) is 1. The quantitative estimate of drug-likeness (QED) is 0.775. The van der Waals surface area contributed by atoms with Crippen molar-refractivity contribution in [3.8, 4) is 5.75 Å². The molecule has 4 nitrogen and oxygen atoms in total. The zero-order chi connectivity index (χ0) is 19.7. The number of carbonyl (C=O) groups is 1. The van der Waals surface area contributed by atoms with Crippen LogP contribution in [0.5, 0.6) is 5.75 Å². The maximum absolute atomic E-state index is 14.3. The van der Waals surface area contributed by atoms with E-state index in [4.69, 9.17) is 4.74 Å². The fourth-order valence-electron chi connectivity index (χ4n) is 3.24. The number of aliphatic carboxylic acids is 1. The lowest BCUT2D eigenvalue weighted by atomic mass is 10.00. The Morgan fingerprint density at radius 1 is 1.26 bits per heavy atom. The molecule has 0 fully saturated rings. The molecule has 2 aromatic carbocycles. The average Bonchev–Trinajstić information content (AvgIpc) is 2.86. The van der Waals surface area contributed by atoms with E-state index < -0.39 is 23.0 Å². The van der Waals surface area contributed by atoms with E-state index in [0.29, 0.717) is 16.7 Å². The summed E-state index contributed by atoms with van der Waals surface area (Å²) >= 11 is -1.06. The summed E-state index contributed by atoms with van der Waals surface area (Å²) in [6.45, 7) is 1.84. The van der Waals surface area contributed by atoms with Gasteiger partial charge in [-0.3, -0.25) is 4.79 Å². The third-order valence-electron chi connectivity index (χ3n) is 4.61. The van der Waals surface area contributed by atoms with Gasteiger partial charge in [0.25, 0.3) is 0 Å². The largest absolute Gasteiger partial charge is 0.612 e. The average molecular weight is 386 g/mol. The molecule has 1 atom stereocenters. The molecule has 0 bridgehead atoms. The lowest BCUT2D eigenvalue weighted by Gasteiger charge is -2.09. The number of hydrogen-bond donors (Lipinski definition) is 1. The molecule has 6 heteroatoms. The topological polar surface area (TPSA) is 69.6 Å². The highest BCUT2D eigenvalue weighted by atomic mass is 32.2. The van der Waals surface area contributed by atoms with Crippen LogP contribution in [-0.4, -0.2) is 29.0 Å². The van der Waals surface area contributed by atoms with E-state index in [1.807, 2.05) is 25.1 Å². The molecule has 140 valence electrons. The fraction of sp³-hybridized carbons (Fsp3) is 0.190. The summed E-state index contributed by atoms with van der Waals surface area (Å²) in [5, 5.41) is 9.27. The number of benzene rings is 2. The molecule has 1 aliphatic carbocycles. The molecule has 0 aliphatic heterocycles.